The van der Waals surface area contributed by atoms with Crippen molar-refractivity contribution in [1.82, 2.24) is 0 Å². The number of esters is 3. The predicted molar refractivity (Wildman–Crippen MR) is 143 cm³/mol. The number of aliphatic hydroxyl groups is 1. The Bertz CT molecular complexity index is 786. The molecule has 2 N–H and O–H groups in total. The molecule has 6 atom stereocenters. The number of unbranched alkanes of at least 4 members (excludes halogenated alkanes) is 3. The third-order valence-corrected chi connectivity index (χ3v) is 7.26. The molecule has 2 fully saturated rings. The van der Waals surface area contributed by atoms with Crippen LogP contribution in [0.3, 0.4) is 0 Å². The summed E-state index contributed by atoms with van der Waals surface area (Å²) in [6.45, 7) is 2.99. The Balaban J connectivity index is 2.34. The fourth-order valence-electron chi connectivity index (χ4n) is 5.10. The van der Waals surface area contributed by atoms with Gasteiger partial charge in [0.15, 0.2) is 18.5 Å². The fourth-order valence-corrected chi connectivity index (χ4v) is 5.10. The van der Waals surface area contributed by atoms with Crippen molar-refractivity contribution in [3.63, 3.8) is 0 Å². The molecular weight excluding hydrogens is 524 g/mol. The van der Waals surface area contributed by atoms with Gasteiger partial charge in [-0.2, -0.15) is 0 Å². The lowest BCUT2D eigenvalue weighted by Crippen LogP contribution is -2.62. The molecule has 2 aliphatic heterocycles. The number of ether oxygens (including phenoxy) is 5. The van der Waals surface area contributed by atoms with Crippen molar-refractivity contribution >= 4 is 23.9 Å². The molecule has 230 valence electrons. The molecule has 0 amide bonds. The van der Waals surface area contributed by atoms with Crippen LogP contribution in [0, 0.1) is 0 Å². The summed E-state index contributed by atoms with van der Waals surface area (Å²) in [6.07, 6.45) is 5.82. The monoisotopic (exact) mass is 572 g/mol. The first-order chi connectivity index (χ1) is 19.2. The van der Waals surface area contributed by atoms with Crippen LogP contribution in [-0.2, 0) is 42.9 Å². The minimum atomic E-state index is -1.57. The largest absolute Gasteiger partial charge is 0.481 e. The molecule has 40 heavy (non-hydrogen) atoms. The van der Waals surface area contributed by atoms with Gasteiger partial charge in [0.2, 0.25) is 0 Å². The van der Waals surface area contributed by atoms with Gasteiger partial charge in [0, 0.05) is 13.3 Å². The first-order valence-electron chi connectivity index (χ1n) is 14.9. The molecule has 0 spiro atoms. The summed E-state index contributed by atoms with van der Waals surface area (Å²) in [4.78, 5) is 47.8. The normalized spacial score (nSPS) is 29.0. The molecule has 2 aliphatic rings. The van der Waals surface area contributed by atoms with Crippen LogP contribution in [0.15, 0.2) is 0 Å². The Kier molecular flexibility index (Phi) is 16.1. The van der Waals surface area contributed by atoms with E-state index in [1.807, 2.05) is 0 Å². The number of hydrogen-bond donors (Lipinski definition) is 2. The fraction of sp³-hybridized carbons (Fsp3) is 0.862. The van der Waals surface area contributed by atoms with Crippen LogP contribution in [-0.4, -0.2) is 77.5 Å². The molecule has 11 heteroatoms. The minimum Gasteiger partial charge on any atom is -0.481 e. The van der Waals surface area contributed by atoms with Gasteiger partial charge >= 0.3 is 23.9 Å². The van der Waals surface area contributed by atoms with E-state index in [0.717, 1.165) is 83.5 Å². The number of aliphatic hydroxyl groups excluding tert-OH is 1. The maximum atomic E-state index is 12.8. The highest BCUT2D eigenvalue weighted by atomic mass is 16.7. The molecular formula is C29H48O11. The summed E-state index contributed by atoms with van der Waals surface area (Å²) >= 11 is 0. The average molecular weight is 573 g/mol. The highest BCUT2D eigenvalue weighted by Gasteiger charge is 2.51. The van der Waals surface area contributed by atoms with Gasteiger partial charge in [0.25, 0.3) is 0 Å². The molecule has 2 saturated heterocycles. The van der Waals surface area contributed by atoms with Crippen molar-refractivity contribution in [3.8, 4) is 0 Å². The maximum absolute atomic E-state index is 12.8. The zero-order chi connectivity index (χ0) is 29.3. The van der Waals surface area contributed by atoms with Crippen LogP contribution in [0.5, 0.6) is 0 Å². The van der Waals surface area contributed by atoms with E-state index in [4.69, 9.17) is 28.8 Å². The minimum absolute atomic E-state index is 0.131. The van der Waals surface area contributed by atoms with Gasteiger partial charge < -0.3 is 33.9 Å². The third kappa shape index (κ3) is 13.0. The van der Waals surface area contributed by atoms with Gasteiger partial charge in [-0.1, -0.05) is 77.6 Å². The number of carboxylic acid groups (broad SMARTS) is 1. The number of rotatable bonds is 10. The van der Waals surface area contributed by atoms with Crippen molar-refractivity contribution in [1.29, 1.82) is 0 Å². The number of hydrogen-bond acceptors (Lipinski definition) is 10. The van der Waals surface area contributed by atoms with E-state index in [9.17, 15) is 24.3 Å². The van der Waals surface area contributed by atoms with Crippen molar-refractivity contribution in [3.05, 3.63) is 0 Å². The molecule has 6 unspecified atom stereocenters. The summed E-state index contributed by atoms with van der Waals surface area (Å²) in [5, 5.41) is 20.1. The smallest absolute Gasteiger partial charge is 0.317 e. The summed E-state index contributed by atoms with van der Waals surface area (Å²) in [5.74, 6) is -3.67. The molecule has 11 nitrogen and oxygen atoms in total. The molecule has 2 heterocycles. The highest BCUT2D eigenvalue weighted by Crippen LogP contribution is 2.31. The molecule has 2 rings (SSSR count). The summed E-state index contributed by atoms with van der Waals surface area (Å²) in [5.41, 5.74) is 0. The Morgan fingerprint density at radius 3 is 2.27 bits per heavy atom. The van der Waals surface area contributed by atoms with Gasteiger partial charge in [0.1, 0.15) is 25.2 Å². The second-order valence-corrected chi connectivity index (χ2v) is 10.8. The highest BCUT2D eigenvalue weighted by molar-refractivity contribution is 5.90. The number of carboxylic acids is 1. The van der Waals surface area contributed by atoms with Gasteiger partial charge in [-0.3, -0.25) is 19.2 Å². The summed E-state index contributed by atoms with van der Waals surface area (Å²) in [6, 6.07) is 0. The first kappa shape index (κ1) is 34.0. The zero-order valence-corrected chi connectivity index (χ0v) is 24.1. The Morgan fingerprint density at radius 1 is 0.950 bits per heavy atom. The second kappa shape index (κ2) is 19.0. The molecule has 0 radical (unpaired) electrons. The van der Waals surface area contributed by atoms with Crippen LogP contribution in [0.1, 0.15) is 117 Å². The molecule has 0 aromatic rings. The number of fused-ring (bicyclic) bond motifs is 1. The second-order valence-electron chi connectivity index (χ2n) is 10.8. The predicted octanol–water partition coefficient (Wildman–Crippen LogP) is 4.20. The molecule has 0 aromatic carbocycles. The Morgan fingerprint density at radius 2 is 1.62 bits per heavy atom. The summed E-state index contributed by atoms with van der Waals surface area (Å²) in [7, 11) is 0. The third-order valence-electron chi connectivity index (χ3n) is 7.26. The number of aliphatic carboxylic acids is 1. The van der Waals surface area contributed by atoms with Crippen LogP contribution < -0.4 is 0 Å². The van der Waals surface area contributed by atoms with Gasteiger partial charge in [0.05, 0.1) is 6.10 Å². The Labute approximate surface area is 237 Å². The first-order valence-corrected chi connectivity index (χ1v) is 14.9. The standard InChI is InChI=1S/C29H48O11/c1-3-4-5-12-15-21-16-13-10-8-6-7-9-11-14-17-24(33)39-28-27(40-25(34)18-23(31)32)26(35)22(19-36-20(2)30)38-29(28)37-21/h21-22,26-29,35H,3-19H2,1-2H3,(H,31,32). The SMILES string of the molecule is CCCCCCC1CCCCCCCCCCC(=O)OC2C(O1)OC(COC(C)=O)C(O)C2OC(=O)CC(=O)O. The lowest BCUT2D eigenvalue weighted by atomic mass is 9.97. The van der Waals surface area contributed by atoms with Crippen LogP contribution in [0.4, 0.5) is 0 Å². The van der Waals surface area contributed by atoms with E-state index in [0.29, 0.717) is 6.42 Å². The molecule has 0 saturated carbocycles. The molecule has 0 aromatic heterocycles. The van der Waals surface area contributed by atoms with Crippen molar-refractivity contribution in [2.45, 2.75) is 153 Å². The molecule has 0 aliphatic carbocycles. The van der Waals surface area contributed by atoms with E-state index in [1.165, 1.54) is 6.92 Å². The average Bonchev–Trinajstić information content (AvgIpc) is 2.88. The zero-order valence-electron chi connectivity index (χ0n) is 24.1. The maximum Gasteiger partial charge on any atom is 0.317 e. The summed E-state index contributed by atoms with van der Waals surface area (Å²) < 4.78 is 28.6. The van der Waals surface area contributed by atoms with Crippen molar-refractivity contribution < 1.29 is 53.1 Å². The van der Waals surface area contributed by atoms with Crippen molar-refractivity contribution in [2.24, 2.45) is 0 Å². The van der Waals surface area contributed by atoms with E-state index in [1.54, 1.807) is 0 Å². The van der Waals surface area contributed by atoms with E-state index in [2.05, 4.69) is 6.92 Å². The van der Waals surface area contributed by atoms with Gasteiger partial charge in [-0.15, -0.1) is 0 Å². The number of carbonyl (C=O) groups excluding carboxylic acids is 3. The van der Waals surface area contributed by atoms with Gasteiger partial charge in [-0.25, -0.2) is 0 Å². The Hall–Kier alpha value is -2.24. The quantitative estimate of drug-likeness (QED) is 0.167. The van der Waals surface area contributed by atoms with Crippen LogP contribution in [0.2, 0.25) is 0 Å². The van der Waals surface area contributed by atoms with E-state index < -0.39 is 61.0 Å². The number of carbonyl (C=O) groups is 4. The van der Waals surface area contributed by atoms with E-state index in [-0.39, 0.29) is 19.1 Å². The van der Waals surface area contributed by atoms with Crippen molar-refractivity contribution in [2.75, 3.05) is 6.61 Å². The molecule has 0 bridgehead atoms. The van der Waals surface area contributed by atoms with Gasteiger partial charge in [-0.05, 0) is 19.3 Å². The van der Waals surface area contributed by atoms with Crippen LogP contribution in [0.25, 0.3) is 0 Å². The topological polar surface area (TPSA) is 155 Å². The van der Waals surface area contributed by atoms with E-state index >= 15 is 0 Å². The van der Waals surface area contributed by atoms with Crippen LogP contribution >= 0.6 is 0 Å². The lowest BCUT2D eigenvalue weighted by molar-refractivity contribution is -0.317. The lowest BCUT2D eigenvalue weighted by Gasteiger charge is -2.44.